The van der Waals surface area contributed by atoms with Gasteiger partial charge in [0.25, 0.3) is 0 Å². The molecule has 12 nitrogen and oxygen atoms in total. The zero-order valence-electron chi connectivity index (χ0n) is 23.3. The summed E-state index contributed by atoms with van der Waals surface area (Å²) in [5, 5.41) is 14.9. The highest BCUT2D eigenvalue weighted by Gasteiger charge is 2.28. The Morgan fingerprint density at radius 3 is 2.66 bits per heavy atom. The number of benzene rings is 1. The van der Waals surface area contributed by atoms with E-state index in [0.29, 0.717) is 40.6 Å². The Balaban J connectivity index is 1.18. The number of rotatable bonds is 9. The number of nitrogens with zero attached hydrogens (tertiary/aromatic N) is 6. The fourth-order valence-corrected chi connectivity index (χ4v) is 5.20. The van der Waals surface area contributed by atoms with Crippen molar-refractivity contribution in [3.05, 3.63) is 65.2 Å². The second-order valence-corrected chi connectivity index (χ2v) is 10.9. The molecule has 3 aromatic heterocycles. The number of ether oxygens (including phenoxy) is 1. The molecular formula is C29H35N9O3. The minimum atomic E-state index is -0.404. The molecule has 214 valence electrons. The molecule has 0 unspecified atom stereocenters. The van der Waals surface area contributed by atoms with Gasteiger partial charge in [0.15, 0.2) is 11.6 Å². The smallest absolute Gasteiger partial charge is 0.324 e. The molecule has 41 heavy (non-hydrogen) atoms. The third kappa shape index (κ3) is 5.79. The maximum Gasteiger partial charge on any atom is 0.324 e. The molecule has 4 N–H and O–H groups in total. The van der Waals surface area contributed by atoms with E-state index < -0.39 is 6.03 Å². The van der Waals surface area contributed by atoms with Crippen LogP contribution in [0.4, 0.5) is 22.1 Å². The Morgan fingerprint density at radius 2 is 1.90 bits per heavy atom. The highest BCUT2D eigenvalue weighted by molar-refractivity contribution is 6.15. The molecule has 0 spiro atoms. The number of aromatic nitrogens is 5. The Kier molecular flexibility index (Phi) is 7.41. The van der Waals surface area contributed by atoms with Gasteiger partial charge >= 0.3 is 6.03 Å². The summed E-state index contributed by atoms with van der Waals surface area (Å²) < 4.78 is 9.00. The number of fused-ring (bicyclic) bond motifs is 1. The van der Waals surface area contributed by atoms with Gasteiger partial charge < -0.3 is 15.8 Å². The summed E-state index contributed by atoms with van der Waals surface area (Å²) in [6.07, 6.45) is 3.63. The first-order valence-corrected chi connectivity index (χ1v) is 14.1. The highest BCUT2D eigenvalue weighted by atomic mass is 16.5. The lowest BCUT2D eigenvalue weighted by Gasteiger charge is -2.26. The molecule has 2 fully saturated rings. The number of nitrogen functional groups attached to an aromatic ring is 1. The van der Waals surface area contributed by atoms with Gasteiger partial charge in [0.05, 0.1) is 31.0 Å². The lowest BCUT2D eigenvalue weighted by atomic mass is 10.0. The van der Waals surface area contributed by atoms with Crippen molar-refractivity contribution in [2.45, 2.75) is 45.1 Å². The average molecular weight is 558 g/mol. The molecule has 1 saturated heterocycles. The third-order valence-electron chi connectivity index (χ3n) is 7.60. The molecule has 1 aromatic carbocycles. The van der Waals surface area contributed by atoms with E-state index in [4.69, 9.17) is 15.6 Å². The van der Waals surface area contributed by atoms with Crippen molar-refractivity contribution < 1.29 is 14.3 Å². The topological polar surface area (TPSA) is 145 Å². The van der Waals surface area contributed by atoms with Crippen LogP contribution in [0.15, 0.2) is 42.7 Å². The molecule has 0 atom stereocenters. The summed E-state index contributed by atoms with van der Waals surface area (Å²) in [4.78, 5) is 33.1. The number of morpholine rings is 1. The molecule has 1 aliphatic heterocycles. The Bertz CT molecular complexity index is 1580. The van der Waals surface area contributed by atoms with Crippen molar-refractivity contribution in [1.29, 1.82) is 0 Å². The van der Waals surface area contributed by atoms with Crippen LogP contribution in [0.3, 0.4) is 0 Å². The van der Waals surface area contributed by atoms with E-state index in [1.165, 1.54) is 6.33 Å². The summed E-state index contributed by atoms with van der Waals surface area (Å²) in [5.74, 6) is 1.25. The number of anilines is 3. The second kappa shape index (κ2) is 11.3. The van der Waals surface area contributed by atoms with Crippen molar-refractivity contribution in [1.82, 2.24) is 29.3 Å². The van der Waals surface area contributed by atoms with Gasteiger partial charge in [-0.05, 0) is 37.0 Å². The quantitative estimate of drug-likeness (QED) is 0.264. The molecule has 2 amide bonds. The zero-order chi connectivity index (χ0) is 28.5. The van der Waals surface area contributed by atoms with Gasteiger partial charge in [0.2, 0.25) is 0 Å². The van der Waals surface area contributed by atoms with E-state index in [9.17, 15) is 9.59 Å². The first kappa shape index (κ1) is 26.9. The molecule has 0 bridgehead atoms. The van der Waals surface area contributed by atoms with Gasteiger partial charge in [-0.15, -0.1) is 0 Å². The normalized spacial score (nSPS) is 15.9. The van der Waals surface area contributed by atoms with E-state index >= 15 is 0 Å². The number of hydrogen-bond acceptors (Lipinski definition) is 8. The van der Waals surface area contributed by atoms with Crippen LogP contribution in [-0.4, -0.2) is 73.9 Å². The number of ketones is 1. The van der Waals surface area contributed by atoms with Gasteiger partial charge in [-0.1, -0.05) is 26.0 Å². The van der Waals surface area contributed by atoms with Crippen molar-refractivity contribution in [2.24, 2.45) is 0 Å². The molecule has 4 heterocycles. The van der Waals surface area contributed by atoms with Gasteiger partial charge in [0.1, 0.15) is 17.7 Å². The fourth-order valence-electron chi connectivity index (χ4n) is 5.20. The SMILES string of the molecule is CC(C)c1cc(C(=O)c2cccc(NC(=O)Nc3cc(C4CC4)nn3CCN3CCOCC3)c2)c2c(N)ncnn12. The van der Waals surface area contributed by atoms with E-state index in [0.717, 1.165) is 57.1 Å². The highest BCUT2D eigenvalue weighted by Crippen LogP contribution is 2.40. The molecule has 4 aromatic rings. The largest absolute Gasteiger partial charge is 0.382 e. The van der Waals surface area contributed by atoms with Crippen molar-refractivity contribution >= 4 is 34.7 Å². The van der Waals surface area contributed by atoms with Gasteiger partial charge in [-0.2, -0.15) is 10.2 Å². The molecule has 1 aliphatic carbocycles. The first-order valence-electron chi connectivity index (χ1n) is 14.1. The number of urea groups is 1. The van der Waals surface area contributed by atoms with Crippen molar-refractivity contribution in [2.75, 3.05) is 49.2 Å². The number of carbonyl (C=O) groups is 2. The Labute approximate surface area is 237 Å². The number of nitrogens with two attached hydrogens (primary N) is 1. The summed E-state index contributed by atoms with van der Waals surface area (Å²) in [6, 6.07) is 10.2. The predicted molar refractivity (Wildman–Crippen MR) is 155 cm³/mol. The number of amides is 2. The van der Waals surface area contributed by atoms with Crippen LogP contribution in [0.2, 0.25) is 0 Å². The maximum absolute atomic E-state index is 13.6. The van der Waals surface area contributed by atoms with Gasteiger partial charge in [-0.3, -0.25) is 15.0 Å². The fraction of sp³-hybridized carbons (Fsp3) is 0.414. The van der Waals surface area contributed by atoms with Crippen LogP contribution in [-0.2, 0) is 11.3 Å². The number of hydrogen-bond donors (Lipinski definition) is 3. The van der Waals surface area contributed by atoms with Crippen LogP contribution in [0.1, 0.15) is 65.8 Å². The summed E-state index contributed by atoms with van der Waals surface area (Å²) in [6.45, 7) is 8.82. The zero-order valence-corrected chi connectivity index (χ0v) is 23.3. The number of carbonyl (C=O) groups excluding carboxylic acids is 2. The van der Waals surface area contributed by atoms with Crippen LogP contribution < -0.4 is 16.4 Å². The van der Waals surface area contributed by atoms with Gasteiger partial charge in [0, 0.05) is 48.6 Å². The van der Waals surface area contributed by atoms with Crippen LogP contribution in [0.5, 0.6) is 0 Å². The molecule has 1 saturated carbocycles. The summed E-state index contributed by atoms with van der Waals surface area (Å²) >= 11 is 0. The summed E-state index contributed by atoms with van der Waals surface area (Å²) in [5.41, 5.74) is 9.84. The van der Waals surface area contributed by atoms with E-state index in [-0.39, 0.29) is 17.5 Å². The van der Waals surface area contributed by atoms with Crippen molar-refractivity contribution in [3.8, 4) is 0 Å². The van der Waals surface area contributed by atoms with Gasteiger partial charge in [-0.25, -0.2) is 19.0 Å². The van der Waals surface area contributed by atoms with Crippen LogP contribution in [0.25, 0.3) is 5.52 Å². The lowest BCUT2D eigenvalue weighted by Crippen LogP contribution is -2.38. The summed E-state index contributed by atoms with van der Waals surface area (Å²) in [7, 11) is 0. The maximum atomic E-state index is 13.6. The number of nitrogens with one attached hydrogen (secondary N) is 2. The molecule has 12 heteroatoms. The average Bonchev–Trinajstić information content (AvgIpc) is 3.62. The molecule has 6 rings (SSSR count). The van der Waals surface area contributed by atoms with E-state index in [2.05, 4.69) is 25.6 Å². The molecular weight excluding hydrogens is 522 g/mol. The monoisotopic (exact) mass is 557 g/mol. The van der Waals surface area contributed by atoms with Crippen LogP contribution in [0, 0.1) is 0 Å². The Morgan fingerprint density at radius 1 is 1.10 bits per heavy atom. The van der Waals surface area contributed by atoms with Crippen molar-refractivity contribution in [3.63, 3.8) is 0 Å². The second-order valence-electron chi connectivity index (χ2n) is 10.9. The predicted octanol–water partition coefficient (Wildman–Crippen LogP) is 3.72. The first-order chi connectivity index (χ1) is 19.9. The third-order valence-corrected chi connectivity index (χ3v) is 7.60. The molecule has 0 radical (unpaired) electrons. The lowest BCUT2D eigenvalue weighted by molar-refractivity contribution is 0.0360. The van der Waals surface area contributed by atoms with E-state index in [1.54, 1.807) is 28.8 Å². The van der Waals surface area contributed by atoms with E-state index in [1.807, 2.05) is 30.7 Å². The minimum Gasteiger partial charge on any atom is -0.382 e. The Hall–Kier alpha value is -4.29. The standard InChI is InChI=1S/C29H35N9O3/c1-18(2)24-15-22(26-28(30)31-17-32-38(24)26)27(39)20-4-3-5-21(14-20)33-29(40)34-25-16-23(19-6-7-19)35-37(25)9-8-36-10-12-41-13-11-36/h3-5,14-19H,6-13H2,1-2H3,(H2,30,31,32)(H2,33,34,40). The molecule has 2 aliphatic rings. The minimum absolute atomic E-state index is 0.123. The van der Waals surface area contributed by atoms with Crippen LogP contribution >= 0.6 is 0 Å².